The number of carbonyl (C=O) groups excluding carboxylic acids is 1. The molecule has 0 atom stereocenters. The molecule has 3 N–H and O–H groups in total. The topological polar surface area (TPSA) is 87.4 Å². The van der Waals surface area contributed by atoms with Crippen LogP contribution in [0.2, 0.25) is 5.02 Å². The normalized spacial score (nSPS) is 11.5. The first-order valence-electron chi connectivity index (χ1n) is 5.82. The van der Waals surface area contributed by atoms with Gasteiger partial charge in [0.15, 0.2) is 5.69 Å². The molecule has 2 rings (SSSR count). The Morgan fingerprint density at radius 1 is 1.45 bits per heavy atom. The van der Waals surface area contributed by atoms with Gasteiger partial charge in [-0.2, -0.15) is 5.10 Å². The summed E-state index contributed by atoms with van der Waals surface area (Å²) in [5.41, 5.74) is -0.475. The van der Waals surface area contributed by atoms with Crippen molar-refractivity contribution in [2.75, 3.05) is 5.32 Å². The molecule has 1 aromatic heterocycles. The molecule has 1 amide bonds. The van der Waals surface area contributed by atoms with Gasteiger partial charge in [0.2, 0.25) is 7.49 Å². The smallest absolute Gasteiger partial charge is 0.277 e. The van der Waals surface area contributed by atoms with Gasteiger partial charge in [-0.15, -0.1) is 0 Å². The zero-order chi connectivity index (χ0) is 16.7. The van der Waals surface area contributed by atoms with Gasteiger partial charge >= 0.3 is 0 Å². The van der Waals surface area contributed by atoms with Gasteiger partial charge in [0, 0.05) is 6.07 Å². The minimum atomic E-state index is -3.78. The number of hydrogen-bond donors (Lipinski definition) is 3. The van der Waals surface area contributed by atoms with Crippen molar-refractivity contribution in [3.05, 3.63) is 46.2 Å². The number of amides is 1. The first-order valence-corrected chi connectivity index (χ1v) is 8.03. The van der Waals surface area contributed by atoms with E-state index in [1.165, 1.54) is 6.92 Å². The second-order valence-electron chi connectivity index (χ2n) is 4.41. The van der Waals surface area contributed by atoms with Crippen LogP contribution in [0.4, 0.5) is 14.5 Å². The zero-order valence-corrected chi connectivity index (χ0v) is 12.9. The van der Waals surface area contributed by atoms with E-state index in [9.17, 15) is 23.4 Å². The SMILES string of the molecule is C=P(O)(O)n1nc(C(=O)Nc2ccc(F)cc2F)c(Cl)c1C. The third-order valence-electron chi connectivity index (χ3n) is 2.72. The fourth-order valence-electron chi connectivity index (χ4n) is 1.70. The first-order chi connectivity index (χ1) is 10.1. The summed E-state index contributed by atoms with van der Waals surface area (Å²) in [6, 6.07) is 2.62. The highest BCUT2D eigenvalue weighted by atomic mass is 35.5. The first kappa shape index (κ1) is 16.6. The Balaban J connectivity index is 2.36. The Morgan fingerprint density at radius 3 is 2.59 bits per heavy atom. The molecular weight excluding hydrogens is 339 g/mol. The number of nitrogens with zero attached hydrogens (tertiary/aromatic N) is 2. The fraction of sp³-hybridized carbons (Fsp3) is 0.0833. The highest BCUT2D eigenvalue weighted by molar-refractivity contribution is 7.60. The third-order valence-corrected chi connectivity index (χ3v) is 4.17. The summed E-state index contributed by atoms with van der Waals surface area (Å²) in [6.07, 6.45) is 3.15. The number of hydrogen-bond acceptors (Lipinski definition) is 4. The molecule has 0 saturated carbocycles. The van der Waals surface area contributed by atoms with Crippen molar-refractivity contribution in [1.82, 2.24) is 9.55 Å². The average molecular weight is 350 g/mol. The molecule has 0 spiro atoms. The van der Waals surface area contributed by atoms with E-state index in [0.29, 0.717) is 6.07 Å². The van der Waals surface area contributed by atoms with Crippen LogP contribution in [0.25, 0.3) is 0 Å². The molecule has 0 aliphatic heterocycles. The lowest BCUT2D eigenvalue weighted by atomic mass is 10.2. The van der Waals surface area contributed by atoms with Crippen LogP contribution in [0.15, 0.2) is 18.2 Å². The van der Waals surface area contributed by atoms with Crippen LogP contribution in [0.3, 0.4) is 0 Å². The molecule has 0 radical (unpaired) electrons. The standard InChI is InChI=1S/C12H11ClF2N3O3P/c1-6-10(13)11(17-18(6)22(2,20)21)12(19)16-9-4-3-7(14)5-8(9)15/h3-5,20-21H,2H2,1H3,(H,16,19). The second-order valence-corrected chi connectivity index (χ2v) is 6.55. The summed E-state index contributed by atoms with van der Waals surface area (Å²) in [6.45, 7) is 1.41. The van der Waals surface area contributed by atoms with Crippen molar-refractivity contribution < 1.29 is 23.4 Å². The van der Waals surface area contributed by atoms with Crippen LogP contribution in [0, 0.1) is 18.6 Å². The molecule has 22 heavy (non-hydrogen) atoms. The lowest BCUT2D eigenvalue weighted by molar-refractivity contribution is 0.102. The Kier molecular flexibility index (Phi) is 4.39. The molecular formula is C12H11ClF2N3O3P. The van der Waals surface area contributed by atoms with Gasteiger partial charge in [0.1, 0.15) is 11.6 Å². The Labute approximate surface area is 129 Å². The maximum Gasteiger partial charge on any atom is 0.277 e. The summed E-state index contributed by atoms with van der Waals surface area (Å²) in [5, 5.41) is 5.73. The number of benzene rings is 1. The Bertz CT molecular complexity index is 803. The van der Waals surface area contributed by atoms with Crippen LogP contribution >= 0.6 is 19.1 Å². The van der Waals surface area contributed by atoms with Gasteiger partial charge in [-0.05, 0) is 25.4 Å². The number of halogens is 3. The van der Waals surface area contributed by atoms with Crippen LogP contribution in [0.1, 0.15) is 16.2 Å². The molecule has 0 unspecified atom stereocenters. The van der Waals surface area contributed by atoms with Crippen LogP contribution in [0.5, 0.6) is 0 Å². The van der Waals surface area contributed by atoms with Gasteiger partial charge in [-0.25, -0.2) is 13.2 Å². The quantitative estimate of drug-likeness (QED) is 0.743. The molecule has 118 valence electrons. The van der Waals surface area contributed by atoms with E-state index in [0.717, 1.165) is 16.6 Å². The fourth-order valence-corrected chi connectivity index (χ4v) is 2.78. The summed E-state index contributed by atoms with van der Waals surface area (Å²) >= 11 is 5.92. The van der Waals surface area contributed by atoms with Crippen molar-refractivity contribution in [2.24, 2.45) is 0 Å². The van der Waals surface area contributed by atoms with Crippen molar-refractivity contribution in [3.63, 3.8) is 0 Å². The summed E-state index contributed by atoms with van der Waals surface area (Å²) in [7, 11) is -3.78. The van der Waals surface area contributed by atoms with Crippen molar-refractivity contribution in [2.45, 2.75) is 6.92 Å². The second kappa shape index (κ2) is 5.81. The number of carbonyl (C=O) groups is 1. The third kappa shape index (κ3) is 3.20. The van der Waals surface area contributed by atoms with Gasteiger partial charge in [0.25, 0.3) is 5.91 Å². The van der Waals surface area contributed by atoms with E-state index >= 15 is 0 Å². The van der Waals surface area contributed by atoms with E-state index in [1.807, 2.05) is 0 Å². The van der Waals surface area contributed by atoms with Crippen LogP contribution in [-0.4, -0.2) is 31.5 Å². The minimum Gasteiger partial charge on any atom is -0.337 e. The molecule has 0 fully saturated rings. The molecule has 6 nitrogen and oxygen atoms in total. The lowest BCUT2D eigenvalue weighted by Crippen LogP contribution is -2.14. The number of anilines is 1. The predicted molar refractivity (Wildman–Crippen MR) is 80.2 cm³/mol. The average Bonchev–Trinajstić information content (AvgIpc) is 2.69. The molecule has 1 aromatic carbocycles. The molecule has 1 heterocycles. The number of rotatable bonds is 3. The van der Waals surface area contributed by atoms with Gasteiger partial charge in [-0.1, -0.05) is 11.6 Å². The maximum atomic E-state index is 13.5. The lowest BCUT2D eigenvalue weighted by Gasteiger charge is -2.11. The van der Waals surface area contributed by atoms with E-state index in [1.54, 1.807) is 0 Å². The van der Waals surface area contributed by atoms with E-state index < -0.39 is 25.0 Å². The molecule has 2 aromatic rings. The van der Waals surface area contributed by atoms with Crippen molar-refractivity contribution in [3.8, 4) is 0 Å². The highest BCUT2D eigenvalue weighted by Crippen LogP contribution is 2.39. The van der Waals surface area contributed by atoms with Crippen LogP contribution < -0.4 is 5.32 Å². The van der Waals surface area contributed by atoms with Crippen molar-refractivity contribution >= 4 is 37.0 Å². The van der Waals surface area contributed by atoms with Gasteiger partial charge < -0.3 is 15.1 Å². The van der Waals surface area contributed by atoms with E-state index in [4.69, 9.17) is 11.6 Å². The van der Waals surface area contributed by atoms with Gasteiger partial charge in [0.05, 0.1) is 16.4 Å². The summed E-state index contributed by atoms with van der Waals surface area (Å²) < 4.78 is 27.1. The Morgan fingerprint density at radius 2 is 2.09 bits per heavy atom. The predicted octanol–water partition coefficient (Wildman–Crippen LogP) is 2.40. The highest BCUT2D eigenvalue weighted by Gasteiger charge is 2.24. The minimum absolute atomic E-state index is 0.125. The largest absolute Gasteiger partial charge is 0.337 e. The summed E-state index contributed by atoms with van der Waals surface area (Å²) in [5.74, 6) is -2.64. The van der Waals surface area contributed by atoms with E-state index in [-0.39, 0.29) is 22.1 Å². The molecule has 0 aliphatic rings. The number of nitrogens with one attached hydrogen (secondary N) is 1. The van der Waals surface area contributed by atoms with Gasteiger partial charge in [-0.3, -0.25) is 4.79 Å². The Hall–Kier alpha value is -1.73. The summed E-state index contributed by atoms with van der Waals surface area (Å²) in [4.78, 5) is 31.1. The van der Waals surface area contributed by atoms with Crippen molar-refractivity contribution in [1.29, 1.82) is 0 Å². The van der Waals surface area contributed by atoms with E-state index in [2.05, 4.69) is 16.7 Å². The number of aromatic nitrogens is 2. The zero-order valence-electron chi connectivity index (χ0n) is 11.2. The molecule has 0 bridgehead atoms. The molecule has 10 heteroatoms. The molecule has 0 aliphatic carbocycles. The maximum absolute atomic E-state index is 13.5. The van der Waals surface area contributed by atoms with Crippen LogP contribution in [-0.2, 0) is 0 Å². The monoisotopic (exact) mass is 349 g/mol. The molecule has 0 saturated heterocycles.